The van der Waals surface area contributed by atoms with Crippen molar-refractivity contribution in [3.8, 4) is 11.8 Å². The third kappa shape index (κ3) is 4.43. The first-order chi connectivity index (χ1) is 12.6. The fourth-order valence-electron chi connectivity index (χ4n) is 2.87. The molecule has 1 aliphatic carbocycles. The summed E-state index contributed by atoms with van der Waals surface area (Å²) >= 11 is 12.5. The minimum Gasteiger partial charge on any atom is -0.490 e. The molecule has 134 valence electrons. The van der Waals surface area contributed by atoms with Gasteiger partial charge in [0.25, 0.3) is 5.91 Å². The zero-order valence-electron chi connectivity index (χ0n) is 13.7. The minimum atomic E-state index is -0.285. The molecule has 8 heteroatoms. The van der Waals surface area contributed by atoms with Crippen molar-refractivity contribution in [2.24, 2.45) is 0 Å². The molecule has 2 aromatic rings. The highest BCUT2D eigenvalue weighted by molar-refractivity contribution is 6.31. The fraction of sp³-hybridized carbons (Fsp3) is 0.333. The molecule has 0 unspecified atom stereocenters. The number of nitrogens with zero attached hydrogens (tertiary/aromatic N) is 3. The number of carbonyl (C=O) groups excluding carboxylic acids is 1. The Labute approximate surface area is 161 Å². The van der Waals surface area contributed by atoms with E-state index < -0.39 is 0 Å². The van der Waals surface area contributed by atoms with Crippen molar-refractivity contribution in [1.82, 2.24) is 15.5 Å². The Morgan fingerprint density at radius 3 is 2.85 bits per heavy atom. The molecule has 1 aromatic carbocycles. The van der Waals surface area contributed by atoms with Crippen LogP contribution >= 0.6 is 23.2 Å². The van der Waals surface area contributed by atoms with Gasteiger partial charge in [0.15, 0.2) is 5.69 Å². The van der Waals surface area contributed by atoms with E-state index >= 15 is 0 Å². The zero-order valence-corrected chi connectivity index (χ0v) is 15.2. The minimum absolute atomic E-state index is 0.0776. The molecule has 0 aliphatic heterocycles. The molecule has 0 bridgehead atoms. The molecule has 26 heavy (non-hydrogen) atoms. The number of ether oxygens (including phenoxy) is 1. The van der Waals surface area contributed by atoms with Crippen LogP contribution in [-0.2, 0) is 0 Å². The van der Waals surface area contributed by atoms with Crippen LogP contribution in [0.3, 0.4) is 0 Å². The predicted octanol–water partition coefficient (Wildman–Crippen LogP) is 3.34. The van der Waals surface area contributed by atoms with Crippen LogP contribution in [0, 0.1) is 11.3 Å². The molecule has 1 fully saturated rings. The van der Waals surface area contributed by atoms with E-state index in [1.807, 2.05) is 6.07 Å². The molecule has 0 spiro atoms. The van der Waals surface area contributed by atoms with Crippen LogP contribution in [0.4, 0.5) is 0 Å². The van der Waals surface area contributed by atoms with E-state index in [9.17, 15) is 4.79 Å². The number of aromatic nitrogens is 2. The molecular formula is C18H16Cl2N4O2. The van der Waals surface area contributed by atoms with Crippen molar-refractivity contribution in [3.63, 3.8) is 0 Å². The number of hydrogen-bond acceptors (Lipinski definition) is 5. The lowest BCUT2D eigenvalue weighted by Crippen LogP contribution is -2.46. The molecular weight excluding hydrogens is 375 g/mol. The average molecular weight is 391 g/mol. The van der Waals surface area contributed by atoms with Gasteiger partial charge in [0.1, 0.15) is 17.9 Å². The van der Waals surface area contributed by atoms with Crippen molar-refractivity contribution >= 4 is 29.1 Å². The normalized spacial score (nSPS) is 22.3. The van der Waals surface area contributed by atoms with Crippen molar-refractivity contribution in [2.75, 3.05) is 0 Å². The van der Waals surface area contributed by atoms with Crippen LogP contribution < -0.4 is 10.1 Å². The number of carbonyl (C=O) groups is 1. The van der Waals surface area contributed by atoms with E-state index in [1.165, 1.54) is 6.20 Å². The Hall–Kier alpha value is -2.36. The van der Waals surface area contributed by atoms with Crippen molar-refractivity contribution in [2.45, 2.75) is 36.8 Å². The van der Waals surface area contributed by atoms with Crippen molar-refractivity contribution < 1.29 is 9.53 Å². The summed E-state index contributed by atoms with van der Waals surface area (Å²) in [5.74, 6) is 0.317. The molecule has 6 nitrogen and oxygen atoms in total. The summed E-state index contributed by atoms with van der Waals surface area (Å²) in [6.45, 7) is 0. The van der Waals surface area contributed by atoms with Gasteiger partial charge in [-0.25, -0.2) is 0 Å². The maximum atomic E-state index is 12.2. The average Bonchev–Trinajstić information content (AvgIpc) is 2.65. The maximum Gasteiger partial charge on any atom is 0.272 e. The van der Waals surface area contributed by atoms with Crippen LogP contribution in [0.15, 0.2) is 36.5 Å². The topological polar surface area (TPSA) is 87.9 Å². The fourth-order valence-corrected chi connectivity index (χ4v) is 3.47. The lowest BCUT2D eigenvalue weighted by atomic mass is 9.92. The molecule has 0 saturated heterocycles. The number of benzene rings is 1. The summed E-state index contributed by atoms with van der Waals surface area (Å²) in [7, 11) is 0. The van der Waals surface area contributed by atoms with E-state index in [4.69, 9.17) is 33.2 Å². The van der Waals surface area contributed by atoms with E-state index in [-0.39, 0.29) is 29.1 Å². The van der Waals surface area contributed by atoms with Crippen molar-refractivity contribution in [1.29, 1.82) is 5.26 Å². The van der Waals surface area contributed by atoms with Gasteiger partial charge in [-0.2, -0.15) is 10.4 Å². The second-order valence-corrected chi connectivity index (χ2v) is 6.98. The second-order valence-electron chi connectivity index (χ2n) is 6.01. The second kappa shape index (κ2) is 8.35. The Balaban J connectivity index is 1.56. The highest BCUT2D eigenvalue weighted by Gasteiger charge is 2.31. The first-order valence-corrected chi connectivity index (χ1v) is 8.97. The van der Waals surface area contributed by atoms with Crippen LogP contribution in [0.1, 0.15) is 35.3 Å². The van der Waals surface area contributed by atoms with Gasteiger partial charge in [-0.05, 0) is 37.1 Å². The van der Waals surface area contributed by atoms with Gasteiger partial charge in [0.05, 0.1) is 16.0 Å². The first-order valence-electron chi connectivity index (χ1n) is 8.15. The van der Waals surface area contributed by atoms with Gasteiger partial charge in [-0.3, -0.25) is 4.79 Å². The van der Waals surface area contributed by atoms with Crippen LogP contribution in [-0.4, -0.2) is 33.6 Å². The summed E-state index contributed by atoms with van der Waals surface area (Å²) in [6, 6.07) is 10.1. The number of hydrogen-bond donors (Lipinski definition) is 1. The number of amides is 1. The third-order valence-corrected chi connectivity index (χ3v) is 5.00. The van der Waals surface area contributed by atoms with Gasteiger partial charge in [-0.15, -0.1) is 16.7 Å². The molecule has 3 atom stereocenters. The standard InChI is InChI=1S/C18H16Cl2N4O2/c19-14-8-12(4-3-11(14)10-21)26-13-5-6-16(15(20)9-13)23-18(25)17-2-1-7-22-24-17/h1-4,7-8,13,15-16H,5-6,9H2,(H,23,25)/t13-,15-,16-/m1/s1. The lowest BCUT2D eigenvalue weighted by molar-refractivity contribution is 0.0891. The van der Waals surface area contributed by atoms with Crippen LogP contribution in [0.5, 0.6) is 5.75 Å². The molecule has 0 radical (unpaired) electrons. The summed E-state index contributed by atoms with van der Waals surface area (Å²) in [4.78, 5) is 12.2. The number of nitrogens with one attached hydrogen (secondary N) is 1. The number of nitriles is 1. The van der Waals surface area contributed by atoms with Crippen LogP contribution in [0.2, 0.25) is 5.02 Å². The van der Waals surface area contributed by atoms with E-state index in [0.29, 0.717) is 29.2 Å². The summed E-state index contributed by atoms with van der Waals surface area (Å²) in [5, 5.41) is 19.4. The van der Waals surface area contributed by atoms with Gasteiger partial charge in [-0.1, -0.05) is 11.6 Å². The van der Waals surface area contributed by atoms with Crippen molar-refractivity contribution in [3.05, 3.63) is 52.8 Å². The van der Waals surface area contributed by atoms with Gasteiger partial charge in [0.2, 0.25) is 0 Å². The van der Waals surface area contributed by atoms with Crippen LogP contribution in [0.25, 0.3) is 0 Å². The molecule has 3 rings (SSSR count). The quantitative estimate of drug-likeness (QED) is 0.808. The number of rotatable bonds is 4. The molecule has 1 amide bonds. The third-order valence-electron chi connectivity index (χ3n) is 4.21. The Morgan fingerprint density at radius 2 is 2.19 bits per heavy atom. The molecule has 1 aromatic heterocycles. The monoisotopic (exact) mass is 390 g/mol. The molecule has 1 heterocycles. The van der Waals surface area contributed by atoms with Gasteiger partial charge in [0, 0.05) is 24.7 Å². The lowest BCUT2D eigenvalue weighted by Gasteiger charge is -2.33. The SMILES string of the molecule is N#Cc1ccc(O[C@@H]2CC[C@@H](NC(=O)c3cccnn3)[C@H](Cl)C2)cc1Cl. The zero-order chi connectivity index (χ0) is 18.5. The summed E-state index contributed by atoms with van der Waals surface area (Å²) < 4.78 is 5.93. The number of halogens is 2. The smallest absolute Gasteiger partial charge is 0.272 e. The Bertz CT molecular complexity index is 826. The largest absolute Gasteiger partial charge is 0.490 e. The summed E-state index contributed by atoms with van der Waals surface area (Å²) in [5.41, 5.74) is 0.673. The highest BCUT2D eigenvalue weighted by Crippen LogP contribution is 2.29. The Kier molecular flexibility index (Phi) is 5.92. The predicted molar refractivity (Wildman–Crippen MR) is 97.4 cm³/mol. The highest BCUT2D eigenvalue weighted by atomic mass is 35.5. The van der Waals surface area contributed by atoms with Gasteiger partial charge < -0.3 is 10.1 Å². The number of alkyl halides is 1. The molecule has 1 aliphatic rings. The summed E-state index contributed by atoms with van der Waals surface area (Å²) in [6.07, 6.45) is 3.45. The maximum absolute atomic E-state index is 12.2. The molecule has 1 saturated carbocycles. The van der Waals surface area contributed by atoms with E-state index in [2.05, 4.69) is 15.5 Å². The van der Waals surface area contributed by atoms with Gasteiger partial charge >= 0.3 is 0 Å². The Morgan fingerprint density at radius 1 is 1.35 bits per heavy atom. The first kappa shape index (κ1) is 18.4. The van der Waals surface area contributed by atoms with E-state index in [0.717, 1.165) is 6.42 Å². The van der Waals surface area contributed by atoms with E-state index in [1.54, 1.807) is 30.3 Å². The molecule has 1 N–H and O–H groups in total.